The Morgan fingerprint density at radius 3 is 2.33 bits per heavy atom. The Hall–Kier alpha value is -2.63. The van der Waals surface area contributed by atoms with Crippen LogP contribution >= 0.6 is 11.3 Å². The highest BCUT2D eigenvalue weighted by Crippen LogP contribution is 2.21. The van der Waals surface area contributed by atoms with Gasteiger partial charge in [0.05, 0.1) is 5.56 Å². The molecule has 138 valence electrons. The summed E-state index contributed by atoms with van der Waals surface area (Å²) in [5, 5.41) is 6.72. The van der Waals surface area contributed by atoms with Crippen LogP contribution in [0.1, 0.15) is 15.9 Å². The number of rotatable bonds is 5. The summed E-state index contributed by atoms with van der Waals surface area (Å²) in [5.74, 6) is -0.0569. The molecule has 0 aliphatic carbocycles. The van der Waals surface area contributed by atoms with Crippen LogP contribution in [0.4, 0.5) is 11.4 Å². The van der Waals surface area contributed by atoms with E-state index in [1.165, 1.54) is 22.6 Å². The van der Waals surface area contributed by atoms with Crippen molar-refractivity contribution >= 4 is 28.6 Å². The number of anilines is 2. The summed E-state index contributed by atoms with van der Waals surface area (Å²) in [6.45, 7) is 5.18. The average Bonchev–Trinajstić information content (AvgIpc) is 3.25. The number of nitrogens with zero attached hydrogens (tertiary/aromatic N) is 2. The maximum atomic E-state index is 12.1. The molecule has 4 rings (SSSR count). The van der Waals surface area contributed by atoms with Gasteiger partial charge in [0.2, 0.25) is 0 Å². The van der Waals surface area contributed by atoms with Gasteiger partial charge in [0.1, 0.15) is 0 Å². The van der Waals surface area contributed by atoms with Crippen LogP contribution in [0.15, 0.2) is 71.4 Å². The standard InChI is InChI=1S/C22H23N3OS/c26-22(19-10-15-27-17-19)23-20-6-8-21(9-7-20)25-13-11-24(12-14-25)16-18-4-2-1-3-5-18/h1-10,15,17H,11-14,16H2,(H,23,26). The highest BCUT2D eigenvalue weighted by atomic mass is 32.1. The highest BCUT2D eigenvalue weighted by molar-refractivity contribution is 7.08. The largest absolute Gasteiger partial charge is 0.369 e. The summed E-state index contributed by atoms with van der Waals surface area (Å²) in [5.41, 5.74) is 4.12. The SMILES string of the molecule is O=C(Nc1ccc(N2CCN(Cc3ccccc3)CC2)cc1)c1ccsc1. The minimum Gasteiger partial charge on any atom is -0.369 e. The summed E-state index contributed by atoms with van der Waals surface area (Å²) in [4.78, 5) is 17.0. The molecule has 2 aromatic carbocycles. The van der Waals surface area contributed by atoms with Crippen LogP contribution in [0.25, 0.3) is 0 Å². The number of carbonyl (C=O) groups is 1. The van der Waals surface area contributed by atoms with Crippen molar-refractivity contribution in [1.82, 2.24) is 4.90 Å². The lowest BCUT2D eigenvalue weighted by molar-refractivity contribution is 0.102. The molecule has 0 spiro atoms. The first kappa shape index (κ1) is 17.8. The molecule has 0 unspecified atom stereocenters. The number of thiophene rings is 1. The van der Waals surface area contributed by atoms with Crippen LogP contribution < -0.4 is 10.2 Å². The first-order valence-corrected chi connectivity index (χ1v) is 10.2. The van der Waals surface area contributed by atoms with Crippen LogP contribution in [0.3, 0.4) is 0 Å². The van der Waals surface area contributed by atoms with E-state index in [1.807, 2.05) is 29.0 Å². The molecule has 1 fully saturated rings. The molecular formula is C22H23N3OS. The molecule has 1 aliphatic heterocycles. The fraction of sp³-hybridized carbons (Fsp3) is 0.227. The number of amides is 1. The van der Waals surface area contributed by atoms with Gasteiger partial charge in [-0.1, -0.05) is 30.3 Å². The Balaban J connectivity index is 1.30. The van der Waals surface area contributed by atoms with Crippen LogP contribution in [-0.4, -0.2) is 37.0 Å². The van der Waals surface area contributed by atoms with E-state index in [-0.39, 0.29) is 5.91 Å². The lowest BCUT2D eigenvalue weighted by atomic mass is 10.2. The molecule has 27 heavy (non-hydrogen) atoms. The number of piperazine rings is 1. The molecule has 1 saturated heterocycles. The van der Waals surface area contributed by atoms with Crippen molar-refractivity contribution in [1.29, 1.82) is 0 Å². The maximum absolute atomic E-state index is 12.1. The third-order valence-corrected chi connectivity index (χ3v) is 5.58. The Morgan fingerprint density at radius 1 is 0.926 bits per heavy atom. The Labute approximate surface area is 164 Å². The van der Waals surface area contributed by atoms with Gasteiger partial charge in [-0.05, 0) is 41.3 Å². The molecule has 0 atom stereocenters. The van der Waals surface area contributed by atoms with Crippen LogP contribution in [0.5, 0.6) is 0 Å². The van der Waals surface area contributed by atoms with Crippen molar-refractivity contribution in [3.8, 4) is 0 Å². The van der Waals surface area contributed by atoms with Gasteiger partial charge >= 0.3 is 0 Å². The second kappa shape index (κ2) is 8.37. The molecule has 5 heteroatoms. The smallest absolute Gasteiger partial charge is 0.256 e. The Kier molecular flexibility index (Phi) is 5.51. The van der Waals surface area contributed by atoms with Crippen LogP contribution in [0.2, 0.25) is 0 Å². The predicted molar refractivity (Wildman–Crippen MR) is 113 cm³/mol. The molecule has 3 aromatic rings. The van der Waals surface area contributed by atoms with Gasteiger partial charge in [0.15, 0.2) is 0 Å². The normalized spacial score (nSPS) is 14.9. The second-order valence-electron chi connectivity index (χ2n) is 6.76. The van der Waals surface area contributed by atoms with E-state index in [1.54, 1.807) is 0 Å². The van der Waals surface area contributed by atoms with Gasteiger partial charge in [-0.2, -0.15) is 11.3 Å². The van der Waals surface area contributed by atoms with Gasteiger partial charge in [0.25, 0.3) is 5.91 Å². The molecular weight excluding hydrogens is 354 g/mol. The minimum atomic E-state index is -0.0569. The molecule has 4 nitrogen and oxygen atoms in total. The van der Waals surface area contributed by atoms with E-state index < -0.39 is 0 Å². The number of nitrogens with one attached hydrogen (secondary N) is 1. The van der Waals surface area contributed by atoms with Gasteiger partial charge < -0.3 is 10.2 Å². The zero-order chi connectivity index (χ0) is 18.5. The summed E-state index contributed by atoms with van der Waals surface area (Å²) >= 11 is 1.53. The van der Waals surface area contributed by atoms with Gasteiger partial charge in [-0.25, -0.2) is 0 Å². The van der Waals surface area contributed by atoms with Crippen molar-refractivity contribution < 1.29 is 4.79 Å². The van der Waals surface area contributed by atoms with E-state index in [0.29, 0.717) is 5.56 Å². The topological polar surface area (TPSA) is 35.6 Å². The monoisotopic (exact) mass is 377 g/mol. The zero-order valence-corrected chi connectivity index (χ0v) is 16.0. The third-order valence-electron chi connectivity index (χ3n) is 4.89. The van der Waals surface area contributed by atoms with Crippen molar-refractivity contribution in [2.24, 2.45) is 0 Å². The maximum Gasteiger partial charge on any atom is 0.256 e. The van der Waals surface area contributed by atoms with E-state index in [2.05, 4.69) is 57.6 Å². The fourth-order valence-electron chi connectivity index (χ4n) is 3.36. The lowest BCUT2D eigenvalue weighted by Gasteiger charge is -2.36. The summed E-state index contributed by atoms with van der Waals surface area (Å²) in [7, 11) is 0. The van der Waals surface area contributed by atoms with Crippen molar-refractivity contribution in [2.45, 2.75) is 6.54 Å². The number of hydrogen-bond donors (Lipinski definition) is 1. The van der Waals surface area contributed by atoms with Crippen LogP contribution in [-0.2, 0) is 6.54 Å². The molecule has 1 aromatic heterocycles. The van der Waals surface area contributed by atoms with E-state index in [0.717, 1.165) is 38.4 Å². The number of benzene rings is 2. The first-order chi connectivity index (χ1) is 13.3. The van der Waals surface area contributed by atoms with E-state index in [9.17, 15) is 4.79 Å². The number of carbonyl (C=O) groups excluding carboxylic acids is 1. The molecule has 1 amide bonds. The molecule has 1 N–H and O–H groups in total. The van der Waals surface area contributed by atoms with Gasteiger partial charge in [-0.3, -0.25) is 9.69 Å². The lowest BCUT2D eigenvalue weighted by Crippen LogP contribution is -2.45. The Bertz CT molecular complexity index is 854. The number of hydrogen-bond acceptors (Lipinski definition) is 4. The highest BCUT2D eigenvalue weighted by Gasteiger charge is 2.17. The first-order valence-electron chi connectivity index (χ1n) is 9.23. The molecule has 0 bridgehead atoms. The molecule has 1 aliphatic rings. The van der Waals surface area contributed by atoms with Crippen molar-refractivity contribution in [2.75, 3.05) is 36.4 Å². The van der Waals surface area contributed by atoms with Crippen LogP contribution in [0, 0.1) is 0 Å². The summed E-state index contributed by atoms with van der Waals surface area (Å²) in [6.07, 6.45) is 0. The quantitative estimate of drug-likeness (QED) is 0.719. The van der Waals surface area contributed by atoms with E-state index in [4.69, 9.17) is 0 Å². The minimum absolute atomic E-state index is 0.0569. The van der Waals surface area contributed by atoms with Crippen molar-refractivity contribution in [3.63, 3.8) is 0 Å². The van der Waals surface area contributed by atoms with E-state index >= 15 is 0 Å². The molecule has 0 radical (unpaired) electrons. The van der Waals surface area contributed by atoms with Gasteiger partial charge in [-0.15, -0.1) is 0 Å². The Morgan fingerprint density at radius 2 is 1.67 bits per heavy atom. The summed E-state index contributed by atoms with van der Waals surface area (Å²) < 4.78 is 0. The predicted octanol–water partition coefficient (Wildman–Crippen LogP) is 4.32. The van der Waals surface area contributed by atoms with Gasteiger partial charge in [0, 0.05) is 49.5 Å². The molecule has 0 saturated carbocycles. The zero-order valence-electron chi connectivity index (χ0n) is 15.2. The molecule has 2 heterocycles. The second-order valence-corrected chi connectivity index (χ2v) is 7.54. The average molecular weight is 378 g/mol. The summed E-state index contributed by atoms with van der Waals surface area (Å²) in [6, 6.07) is 20.6. The third kappa shape index (κ3) is 4.56. The fourth-order valence-corrected chi connectivity index (χ4v) is 3.99. The van der Waals surface area contributed by atoms with Crippen molar-refractivity contribution in [3.05, 3.63) is 82.6 Å².